The maximum atomic E-state index is 15.5. The van der Waals surface area contributed by atoms with Crippen LogP contribution in [0.15, 0.2) is 24.8 Å². The smallest absolute Gasteiger partial charge is 0.410 e. The van der Waals surface area contributed by atoms with Crippen molar-refractivity contribution in [2.45, 2.75) is 76.4 Å². The van der Waals surface area contributed by atoms with E-state index in [0.717, 1.165) is 0 Å². The molecule has 2 aliphatic rings. The third-order valence-electron chi connectivity index (χ3n) is 6.75. The molecule has 0 bridgehead atoms. The van der Waals surface area contributed by atoms with E-state index in [1.54, 1.807) is 39.0 Å². The Kier molecular flexibility index (Phi) is 10.2. The quantitative estimate of drug-likeness (QED) is 0.369. The summed E-state index contributed by atoms with van der Waals surface area (Å²) in [5.74, 6) is -0.192. The Morgan fingerprint density at radius 1 is 1.15 bits per heavy atom. The highest BCUT2D eigenvalue weighted by molar-refractivity contribution is 7.84. The van der Waals surface area contributed by atoms with Gasteiger partial charge in [-0.05, 0) is 66.4 Å². The number of alkyl halides is 1. The first-order valence-electron chi connectivity index (χ1n) is 13.3. The van der Waals surface area contributed by atoms with Crippen LogP contribution >= 0.6 is 23.2 Å². The number of nitrogens with zero attached hydrogens (tertiary/aromatic N) is 2. The molecule has 1 unspecified atom stereocenters. The minimum atomic E-state index is -2.13. The van der Waals surface area contributed by atoms with Gasteiger partial charge >= 0.3 is 6.09 Å². The van der Waals surface area contributed by atoms with Crippen molar-refractivity contribution < 1.29 is 27.7 Å². The van der Waals surface area contributed by atoms with Crippen molar-refractivity contribution in [1.29, 1.82) is 0 Å². The molecule has 2 amide bonds. The van der Waals surface area contributed by atoms with Crippen LogP contribution in [0.5, 0.6) is 5.75 Å². The number of halogens is 3. The molecule has 0 spiro atoms. The first kappa shape index (κ1) is 32.6. The number of piperidine rings is 1. The van der Waals surface area contributed by atoms with Crippen LogP contribution in [0.1, 0.15) is 66.0 Å². The minimum absolute atomic E-state index is 0.0612. The van der Waals surface area contributed by atoms with Gasteiger partial charge in [0.25, 0.3) is 5.91 Å². The van der Waals surface area contributed by atoms with Crippen LogP contribution in [-0.2, 0) is 20.5 Å². The third kappa shape index (κ3) is 7.89. The van der Waals surface area contributed by atoms with Crippen molar-refractivity contribution in [2.75, 3.05) is 32.8 Å². The first-order chi connectivity index (χ1) is 18.4. The highest BCUT2D eigenvalue weighted by Gasteiger charge is 2.55. The van der Waals surface area contributed by atoms with Crippen LogP contribution in [0.3, 0.4) is 0 Å². The number of rotatable bonds is 8. The van der Waals surface area contributed by atoms with Crippen LogP contribution < -0.4 is 9.46 Å². The van der Waals surface area contributed by atoms with Crippen molar-refractivity contribution in [2.24, 2.45) is 5.92 Å². The lowest BCUT2D eigenvalue weighted by atomic mass is 9.84. The Labute approximate surface area is 249 Å². The number of hydrogen-bond acceptors (Lipinski definition) is 5. The van der Waals surface area contributed by atoms with Gasteiger partial charge in [0.05, 0.1) is 44.9 Å². The summed E-state index contributed by atoms with van der Waals surface area (Å²) in [7, 11) is -1.43. The molecule has 0 aromatic heterocycles. The summed E-state index contributed by atoms with van der Waals surface area (Å²) in [6.45, 7) is 14.7. The van der Waals surface area contributed by atoms with Gasteiger partial charge in [0.2, 0.25) is 5.67 Å². The molecule has 8 nitrogen and oxygen atoms in total. The van der Waals surface area contributed by atoms with Crippen molar-refractivity contribution in [1.82, 2.24) is 14.5 Å². The van der Waals surface area contributed by atoms with E-state index in [1.807, 2.05) is 20.8 Å². The Morgan fingerprint density at radius 2 is 1.73 bits per heavy atom. The molecule has 0 aliphatic carbocycles. The van der Waals surface area contributed by atoms with Crippen molar-refractivity contribution >= 4 is 46.2 Å². The van der Waals surface area contributed by atoms with E-state index >= 15 is 4.39 Å². The Morgan fingerprint density at radius 3 is 2.25 bits per heavy atom. The zero-order chi connectivity index (χ0) is 30.0. The summed E-state index contributed by atoms with van der Waals surface area (Å²) in [4.78, 5) is 28.0. The zero-order valence-electron chi connectivity index (χ0n) is 24.0. The lowest BCUT2D eigenvalue weighted by Gasteiger charge is -2.46. The van der Waals surface area contributed by atoms with Crippen molar-refractivity contribution in [3.05, 3.63) is 40.4 Å². The predicted octanol–water partition coefficient (Wildman–Crippen LogP) is 5.85. The highest BCUT2D eigenvalue weighted by Crippen LogP contribution is 2.41. The van der Waals surface area contributed by atoms with Gasteiger partial charge < -0.3 is 19.3 Å². The molecular weight excluding hydrogens is 580 g/mol. The molecule has 40 heavy (non-hydrogen) atoms. The molecule has 1 aromatic carbocycles. The predicted molar refractivity (Wildman–Crippen MR) is 157 cm³/mol. The average Bonchev–Trinajstić information content (AvgIpc) is 2.83. The van der Waals surface area contributed by atoms with E-state index in [-0.39, 0.29) is 25.6 Å². The Bertz CT molecular complexity index is 1140. The monoisotopic (exact) mass is 619 g/mol. The summed E-state index contributed by atoms with van der Waals surface area (Å²) in [5, 5.41) is 0.664. The fraction of sp³-hybridized carbons (Fsp3) is 0.643. The van der Waals surface area contributed by atoms with Gasteiger partial charge in [0.1, 0.15) is 18.0 Å². The van der Waals surface area contributed by atoms with Gasteiger partial charge in [-0.15, -0.1) is 0 Å². The minimum Gasteiger partial charge on any atom is -0.489 e. The summed E-state index contributed by atoms with van der Waals surface area (Å²) in [5.41, 5.74) is -2.14. The summed E-state index contributed by atoms with van der Waals surface area (Å²) in [6, 6.07) is 2.92. The summed E-state index contributed by atoms with van der Waals surface area (Å²) in [6.07, 6.45) is 2.03. The van der Waals surface area contributed by atoms with E-state index in [1.165, 1.54) is 9.80 Å². The SMILES string of the molecule is C=CCOc1cc(Cl)c(Cl)cc1[C@H](NS(=O)C(C)(C)C)C1CCN(C(=O)C2(F)CN(C(=O)OC(C)(C)C)C2)CC1. The van der Waals surface area contributed by atoms with Crippen LogP contribution in [0, 0.1) is 5.92 Å². The lowest BCUT2D eigenvalue weighted by Crippen LogP contribution is -2.68. The number of nitrogens with one attached hydrogen (secondary N) is 1. The van der Waals surface area contributed by atoms with Crippen LogP contribution in [0.25, 0.3) is 0 Å². The van der Waals surface area contributed by atoms with Crippen LogP contribution in [0.4, 0.5) is 9.18 Å². The number of benzene rings is 1. The van der Waals surface area contributed by atoms with Gasteiger partial charge in [-0.1, -0.05) is 35.9 Å². The zero-order valence-corrected chi connectivity index (χ0v) is 26.3. The number of carbonyl (C=O) groups excluding carboxylic acids is 2. The second-order valence-electron chi connectivity index (χ2n) is 12.3. The molecule has 1 aromatic rings. The van der Waals surface area contributed by atoms with Gasteiger partial charge in [-0.3, -0.25) is 4.79 Å². The molecule has 2 fully saturated rings. The van der Waals surface area contributed by atoms with Gasteiger partial charge in [-0.25, -0.2) is 18.1 Å². The van der Waals surface area contributed by atoms with Gasteiger partial charge in [-0.2, -0.15) is 0 Å². The number of likely N-dealkylation sites (tertiary alicyclic amines) is 2. The van der Waals surface area contributed by atoms with Crippen molar-refractivity contribution in [3.63, 3.8) is 0 Å². The van der Waals surface area contributed by atoms with Crippen LogP contribution in [0.2, 0.25) is 10.0 Å². The number of ether oxygens (including phenoxy) is 2. The molecule has 224 valence electrons. The Hall–Kier alpha value is -1.88. The molecule has 2 aliphatic heterocycles. The molecule has 2 heterocycles. The van der Waals surface area contributed by atoms with E-state index in [2.05, 4.69) is 11.3 Å². The summed E-state index contributed by atoms with van der Waals surface area (Å²) >= 11 is 12.7. The second kappa shape index (κ2) is 12.5. The van der Waals surface area contributed by atoms with Crippen LogP contribution in [-0.4, -0.2) is 74.8 Å². The molecule has 12 heteroatoms. The normalized spacial score (nSPS) is 19.4. The van der Waals surface area contributed by atoms with Crippen molar-refractivity contribution in [3.8, 4) is 5.75 Å². The average molecular weight is 621 g/mol. The number of hydrogen-bond donors (Lipinski definition) is 1. The fourth-order valence-electron chi connectivity index (χ4n) is 4.64. The molecule has 3 rings (SSSR count). The number of amides is 2. The molecule has 1 N–H and O–H groups in total. The van der Waals surface area contributed by atoms with E-state index < -0.39 is 45.0 Å². The van der Waals surface area contributed by atoms with E-state index in [9.17, 15) is 13.8 Å². The number of carbonyl (C=O) groups is 2. The van der Waals surface area contributed by atoms with E-state index in [4.69, 9.17) is 32.7 Å². The molecular formula is C28H40Cl2FN3O5S. The molecule has 0 radical (unpaired) electrons. The largest absolute Gasteiger partial charge is 0.489 e. The molecule has 0 saturated carbocycles. The maximum Gasteiger partial charge on any atom is 0.410 e. The molecule has 2 atom stereocenters. The fourth-order valence-corrected chi connectivity index (χ4v) is 5.86. The molecule has 2 saturated heterocycles. The standard InChI is InChI=1S/C28H40Cl2FN3O5S/c1-8-13-38-22-15-21(30)20(29)14-19(22)23(32-40(37)27(5,6)7)18-9-11-33(12-10-18)24(35)28(31)16-34(17-28)25(36)39-26(2,3)4/h8,14-15,18,23,32H,1,9-13,16-17H2,2-7H3/t23-,40?/m1/s1. The Balaban J connectivity index is 1.75. The van der Waals surface area contributed by atoms with E-state index in [0.29, 0.717) is 47.3 Å². The lowest BCUT2D eigenvalue weighted by molar-refractivity contribution is -0.156. The third-order valence-corrected chi connectivity index (χ3v) is 9.05. The maximum absolute atomic E-state index is 15.5. The summed E-state index contributed by atoms with van der Waals surface area (Å²) < 4.78 is 42.6. The highest BCUT2D eigenvalue weighted by atomic mass is 35.5. The first-order valence-corrected chi connectivity index (χ1v) is 15.2. The topological polar surface area (TPSA) is 88.2 Å². The second-order valence-corrected chi connectivity index (χ2v) is 15.1. The van der Waals surface area contributed by atoms with Gasteiger partial charge in [0, 0.05) is 24.7 Å². The van der Waals surface area contributed by atoms with Gasteiger partial charge in [0.15, 0.2) is 0 Å².